The minimum absolute atomic E-state index is 0.180. The van der Waals surface area contributed by atoms with Crippen molar-refractivity contribution in [1.82, 2.24) is 9.88 Å². The average Bonchev–Trinajstić information content (AvgIpc) is 2.56. The largest absolute Gasteiger partial charge is 0.399 e. The third-order valence-corrected chi connectivity index (χ3v) is 4.04. The summed E-state index contributed by atoms with van der Waals surface area (Å²) in [5.74, 6) is -0.180. The number of likely N-dealkylation sites (N-methyl/N-ethyl adjacent to an activating group) is 1. The van der Waals surface area contributed by atoms with Gasteiger partial charge in [0.1, 0.15) is 0 Å². The van der Waals surface area contributed by atoms with E-state index in [0.29, 0.717) is 11.3 Å². The van der Waals surface area contributed by atoms with Crippen molar-refractivity contribution >= 4 is 23.0 Å². The van der Waals surface area contributed by atoms with Gasteiger partial charge in [-0.05, 0) is 31.3 Å². The molecule has 1 aliphatic heterocycles. The number of nitrogens with zero attached hydrogens (tertiary/aromatic N) is 3. The topological polar surface area (TPSA) is 74.5 Å². The maximum Gasteiger partial charge on any atom is 0.255 e. The lowest BCUT2D eigenvalue weighted by molar-refractivity contribution is 0.102. The SMILES string of the molecule is CN1CCN(c2ccncc2NC(=O)c2cccc(N)c2)CC1. The molecule has 1 fully saturated rings. The zero-order valence-electron chi connectivity index (χ0n) is 13.2. The van der Waals surface area contributed by atoms with Crippen molar-refractivity contribution in [2.75, 3.05) is 49.2 Å². The summed E-state index contributed by atoms with van der Waals surface area (Å²) in [7, 11) is 2.12. The molecule has 1 aromatic carbocycles. The molecule has 1 aliphatic rings. The Morgan fingerprint density at radius 1 is 1.22 bits per heavy atom. The molecule has 0 atom stereocenters. The standard InChI is InChI=1S/C17H21N5O/c1-21-7-9-22(10-8-21)16-5-6-19-12-15(16)20-17(23)13-3-2-4-14(18)11-13/h2-6,11-12H,7-10,18H2,1H3,(H,20,23). The smallest absolute Gasteiger partial charge is 0.255 e. The van der Waals surface area contributed by atoms with Crippen LogP contribution in [0.25, 0.3) is 0 Å². The van der Waals surface area contributed by atoms with E-state index >= 15 is 0 Å². The van der Waals surface area contributed by atoms with Gasteiger partial charge in [-0.2, -0.15) is 0 Å². The van der Waals surface area contributed by atoms with Gasteiger partial charge in [-0.25, -0.2) is 0 Å². The molecule has 3 N–H and O–H groups in total. The number of nitrogens with two attached hydrogens (primary N) is 1. The predicted octanol–water partition coefficient (Wildman–Crippen LogP) is 1.67. The molecule has 0 saturated carbocycles. The highest BCUT2D eigenvalue weighted by molar-refractivity contribution is 6.06. The highest BCUT2D eigenvalue weighted by atomic mass is 16.1. The lowest BCUT2D eigenvalue weighted by Crippen LogP contribution is -2.44. The molecule has 0 spiro atoms. The fraction of sp³-hybridized carbons (Fsp3) is 0.294. The Kier molecular flexibility index (Phi) is 4.43. The van der Waals surface area contributed by atoms with Crippen LogP contribution in [0.4, 0.5) is 17.1 Å². The molecule has 3 rings (SSSR count). The van der Waals surface area contributed by atoms with Crippen LogP contribution in [-0.2, 0) is 0 Å². The van der Waals surface area contributed by atoms with Crippen LogP contribution >= 0.6 is 0 Å². The van der Waals surface area contributed by atoms with Crippen LogP contribution in [0.3, 0.4) is 0 Å². The van der Waals surface area contributed by atoms with E-state index in [1.54, 1.807) is 36.7 Å². The van der Waals surface area contributed by atoms with E-state index in [4.69, 9.17) is 5.73 Å². The second kappa shape index (κ2) is 6.66. The number of carbonyl (C=O) groups is 1. The molecule has 6 nitrogen and oxygen atoms in total. The second-order valence-electron chi connectivity index (χ2n) is 5.76. The van der Waals surface area contributed by atoms with Gasteiger partial charge < -0.3 is 20.9 Å². The van der Waals surface area contributed by atoms with Crippen LogP contribution in [0.15, 0.2) is 42.7 Å². The van der Waals surface area contributed by atoms with Crippen molar-refractivity contribution in [3.8, 4) is 0 Å². The van der Waals surface area contributed by atoms with Crippen molar-refractivity contribution in [2.45, 2.75) is 0 Å². The number of pyridine rings is 1. The highest BCUT2D eigenvalue weighted by Crippen LogP contribution is 2.26. The summed E-state index contributed by atoms with van der Waals surface area (Å²) in [4.78, 5) is 21.1. The van der Waals surface area contributed by atoms with Crippen LogP contribution < -0.4 is 16.0 Å². The number of piperazine rings is 1. The quantitative estimate of drug-likeness (QED) is 0.844. The summed E-state index contributed by atoms with van der Waals surface area (Å²) < 4.78 is 0. The summed E-state index contributed by atoms with van der Waals surface area (Å²) in [5.41, 5.74) is 8.59. The maximum absolute atomic E-state index is 12.4. The number of rotatable bonds is 3. The van der Waals surface area contributed by atoms with Crippen LogP contribution in [0.2, 0.25) is 0 Å². The first-order valence-electron chi connectivity index (χ1n) is 7.68. The van der Waals surface area contributed by atoms with Crippen molar-refractivity contribution in [1.29, 1.82) is 0 Å². The Balaban J connectivity index is 1.79. The van der Waals surface area contributed by atoms with Crippen LogP contribution in [0, 0.1) is 0 Å². The minimum atomic E-state index is -0.180. The second-order valence-corrected chi connectivity index (χ2v) is 5.76. The number of nitrogen functional groups attached to an aromatic ring is 1. The predicted molar refractivity (Wildman–Crippen MR) is 92.8 cm³/mol. The molecule has 0 aliphatic carbocycles. The average molecular weight is 311 g/mol. The number of nitrogens with one attached hydrogen (secondary N) is 1. The van der Waals surface area contributed by atoms with Gasteiger partial charge in [-0.15, -0.1) is 0 Å². The van der Waals surface area contributed by atoms with Gasteiger partial charge in [0.05, 0.1) is 17.6 Å². The Hall–Kier alpha value is -2.60. The molecular formula is C17H21N5O. The van der Waals surface area contributed by atoms with Crippen LogP contribution in [0.5, 0.6) is 0 Å². The van der Waals surface area contributed by atoms with E-state index < -0.39 is 0 Å². The van der Waals surface area contributed by atoms with E-state index in [9.17, 15) is 4.79 Å². The van der Waals surface area contributed by atoms with Gasteiger partial charge in [0.25, 0.3) is 5.91 Å². The van der Waals surface area contributed by atoms with Gasteiger partial charge in [-0.3, -0.25) is 9.78 Å². The summed E-state index contributed by atoms with van der Waals surface area (Å²) >= 11 is 0. The molecule has 0 bridgehead atoms. The number of hydrogen-bond acceptors (Lipinski definition) is 5. The maximum atomic E-state index is 12.4. The van der Waals surface area contributed by atoms with E-state index in [1.807, 2.05) is 6.07 Å². The normalized spacial score (nSPS) is 15.4. The number of anilines is 3. The lowest BCUT2D eigenvalue weighted by Gasteiger charge is -2.34. The van der Waals surface area contributed by atoms with Crippen LogP contribution in [0.1, 0.15) is 10.4 Å². The first-order valence-corrected chi connectivity index (χ1v) is 7.68. The molecule has 2 heterocycles. The Bertz CT molecular complexity index is 695. The number of amides is 1. The zero-order chi connectivity index (χ0) is 16.2. The number of carbonyl (C=O) groups excluding carboxylic acids is 1. The summed E-state index contributed by atoms with van der Waals surface area (Å²) in [6, 6.07) is 8.89. The van der Waals surface area contributed by atoms with Gasteiger partial charge in [0.2, 0.25) is 0 Å². The molecule has 0 radical (unpaired) electrons. The Morgan fingerprint density at radius 3 is 2.74 bits per heavy atom. The van der Waals surface area contributed by atoms with Crippen molar-refractivity contribution < 1.29 is 4.79 Å². The molecule has 1 amide bonds. The van der Waals surface area contributed by atoms with Crippen molar-refractivity contribution in [3.05, 3.63) is 48.3 Å². The molecule has 6 heteroatoms. The fourth-order valence-electron chi connectivity index (χ4n) is 2.68. The van der Waals surface area contributed by atoms with Crippen molar-refractivity contribution in [3.63, 3.8) is 0 Å². The number of hydrogen-bond donors (Lipinski definition) is 2. The van der Waals surface area contributed by atoms with Gasteiger partial charge >= 0.3 is 0 Å². The third-order valence-electron chi connectivity index (χ3n) is 4.04. The number of benzene rings is 1. The van der Waals surface area contributed by atoms with E-state index in [0.717, 1.165) is 37.6 Å². The van der Waals surface area contributed by atoms with Crippen LogP contribution in [-0.4, -0.2) is 49.0 Å². The Labute approximate surface area is 135 Å². The summed E-state index contributed by atoms with van der Waals surface area (Å²) in [5, 5.41) is 2.95. The summed E-state index contributed by atoms with van der Waals surface area (Å²) in [6.07, 6.45) is 3.45. The monoisotopic (exact) mass is 311 g/mol. The van der Waals surface area contributed by atoms with Gasteiger partial charge in [0.15, 0.2) is 0 Å². The molecule has 1 aromatic heterocycles. The third kappa shape index (κ3) is 3.60. The lowest BCUT2D eigenvalue weighted by atomic mass is 10.2. The van der Waals surface area contributed by atoms with Gasteiger partial charge in [-0.1, -0.05) is 6.07 Å². The minimum Gasteiger partial charge on any atom is -0.399 e. The molecule has 2 aromatic rings. The molecule has 120 valence electrons. The van der Waals surface area contributed by atoms with E-state index in [-0.39, 0.29) is 5.91 Å². The summed E-state index contributed by atoms with van der Waals surface area (Å²) in [6.45, 7) is 3.87. The fourth-order valence-corrected chi connectivity index (χ4v) is 2.68. The van der Waals surface area contributed by atoms with Crippen molar-refractivity contribution in [2.24, 2.45) is 0 Å². The molecule has 0 unspecified atom stereocenters. The molecule has 23 heavy (non-hydrogen) atoms. The molecular weight excluding hydrogens is 290 g/mol. The first kappa shape index (κ1) is 15.3. The highest BCUT2D eigenvalue weighted by Gasteiger charge is 2.18. The van der Waals surface area contributed by atoms with E-state index in [2.05, 4.69) is 27.1 Å². The first-order chi connectivity index (χ1) is 11.1. The molecule has 1 saturated heterocycles. The van der Waals surface area contributed by atoms with Gasteiger partial charge in [0, 0.05) is 43.6 Å². The zero-order valence-corrected chi connectivity index (χ0v) is 13.2. The Morgan fingerprint density at radius 2 is 2.00 bits per heavy atom. The number of aromatic nitrogens is 1. The van der Waals surface area contributed by atoms with E-state index in [1.165, 1.54) is 0 Å².